The summed E-state index contributed by atoms with van der Waals surface area (Å²) in [5.41, 5.74) is 0. The lowest BCUT2D eigenvalue weighted by Gasteiger charge is -2.05. The number of halogens is 3. The number of carbonyl (C=O) groups is 1. The molecule has 1 aromatic rings. The first-order valence-electron chi connectivity index (χ1n) is 4.60. The summed E-state index contributed by atoms with van der Waals surface area (Å²) in [6.45, 7) is 3.72. The summed E-state index contributed by atoms with van der Waals surface area (Å²) in [5, 5.41) is 1.85. The van der Waals surface area contributed by atoms with E-state index in [0.29, 0.717) is 11.3 Å². The maximum absolute atomic E-state index is 12.2. The van der Waals surface area contributed by atoms with Gasteiger partial charge in [-0.05, 0) is 0 Å². The van der Waals surface area contributed by atoms with Crippen LogP contribution in [0.2, 0.25) is 0 Å². The van der Waals surface area contributed by atoms with Gasteiger partial charge in [0.1, 0.15) is 0 Å². The molecule has 90 valence electrons. The Morgan fingerprint density at radius 1 is 1.56 bits per heavy atom. The Morgan fingerprint density at radius 3 is 2.62 bits per heavy atom. The highest BCUT2D eigenvalue weighted by Crippen LogP contribution is 2.32. The molecule has 0 aromatic carbocycles. The number of hydrogen-bond donors (Lipinski definition) is 1. The quantitative estimate of drug-likeness (QED) is 0.836. The third-order valence-corrected chi connectivity index (χ3v) is 2.78. The van der Waals surface area contributed by atoms with Gasteiger partial charge in [-0.1, -0.05) is 13.8 Å². The maximum Gasteiger partial charge on any atom is 0.443 e. The van der Waals surface area contributed by atoms with Gasteiger partial charge in [0.25, 0.3) is 0 Å². The molecule has 0 fully saturated rings. The largest absolute Gasteiger partial charge is 0.443 e. The lowest BCUT2D eigenvalue weighted by molar-refractivity contribution is -0.137. The van der Waals surface area contributed by atoms with Crippen LogP contribution < -0.4 is 5.32 Å². The van der Waals surface area contributed by atoms with E-state index in [1.54, 1.807) is 0 Å². The lowest BCUT2D eigenvalue weighted by atomic mass is 10.3. The highest BCUT2D eigenvalue weighted by atomic mass is 32.1. The van der Waals surface area contributed by atoms with Gasteiger partial charge >= 0.3 is 6.18 Å². The summed E-state index contributed by atoms with van der Waals surface area (Å²) in [7, 11) is 0. The normalized spacial score (nSPS) is 12.1. The number of nitrogens with zero attached hydrogens (tertiary/aromatic N) is 1. The summed E-state index contributed by atoms with van der Waals surface area (Å²) in [4.78, 5) is 14.6. The molecule has 0 aliphatic rings. The van der Waals surface area contributed by atoms with E-state index in [2.05, 4.69) is 10.3 Å². The Hall–Kier alpha value is -0.950. The van der Waals surface area contributed by atoms with Crippen LogP contribution in [0.1, 0.15) is 28.5 Å². The minimum absolute atomic E-state index is 0.0250. The molecule has 1 aromatic heterocycles. The molecule has 0 radical (unpaired) electrons. The van der Waals surface area contributed by atoms with Crippen molar-refractivity contribution in [2.75, 3.05) is 6.54 Å². The molecule has 16 heavy (non-hydrogen) atoms. The molecule has 0 spiro atoms. The van der Waals surface area contributed by atoms with E-state index in [4.69, 9.17) is 0 Å². The fourth-order valence-electron chi connectivity index (χ4n) is 0.918. The van der Waals surface area contributed by atoms with Gasteiger partial charge in [-0.25, -0.2) is 4.98 Å². The predicted molar refractivity (Wildman–Crippen MR) is 54.6 cm³/mol. The molecule has 1 N–H and O–H groups in total. The molecule has 0 aliphatic carbocycles. The fourth-order valence-corrected chi connectivity index (χ4v) is 1.64. The van der Waals surface area contributed by atoms with Crippen LogP contribution in [-0.2, 0) is 6.18 Å². The minimum atomic E-state index is -4.48. The van der Waals surface area contributed by atoms with Crippen molar-refractivity contribution in [3.8, 4) is 0 Å². The average molecular weight is 252 g/mol. The van der Waals surface area contributed by atoms with Gasteiger partial charge in [-0.15, -0.1) is 11.3 Å². The standard InChI is InChI=1S/C9H11F3N2OS/c1-5(2)13-3-6(15)7-4-14-8(16-7)9(10,11)12/h4-5,13H,3H2,1-2H3. The molecule has 3 nitrogen and oxygen atoms in total. The van der Waals surface area contributed by atoms with Gasteiger partial charge in [0.05, 0.1) is 11.4 Å². The van der Waals surface area contributed by atoms with Crippen molar-refractivity contribution in [2.24, 2.45) is 0 Å². The van der Waals surface area contributed by atoms with Gasteiger partial charge in [0.2, 0.25) is 0 Å². The topological polar surface area (TPSA) is 42.0 Å². The van der Waals surface area contributed by atoms with Gasteiger partial charge in [0, 0.05) is 12.2 Å². The van der Waals surface area contributed by atoms with E-state index in [1.165, 1.54) is 0 Å². The van der Waals surface area contributed by atoms with Crippen LogP contribution in [0.3, 0.4) is 0 Å². The summed E-state index contributed by atoms with van der Waals surface area (Å²) < 4.78 is 36.6. The number of ketones is 1. The van der Waals surface area contributed by atoms with Crippen LogP contribution >= 0.6 is 11.3 Å². The Kier molecular flexibility index (Phi) is 4.03. The van der Waals surface area contributed by atoms with E-state index >= 15 is 0 Å². The molecular formula is C9H11F3N2OS. The Labute approximate surface area is 94.7 Å². The number of rotatable bonds is 4. The molecule has 0 amide bonds. The second-order valence-corrected chi connectivity index (χ2v) is 4.52. The lowest BCUT2D eigenvalue weighted by Crippen LogP contribution is -2.28. The van der Waals surface area contributed by atoms with Crippen LogP contribution in [0.25, 0.3) is 0 Å². The summed E-state index contributed by atoms with van der Waals surface area (Å²) in [5.74, 6) is -0.373. The SMILES string of the molecule is CC(C)NCC(=O)c1cnc(C(F)(F)F)s1. The first-order chi connectivity index (χ1) is 7.30. The second kappa shape index (κ2) is 4.92. The van der Waals surface area contributed by atoms with Crippen LogP contribution in [-0.4, -0.2) is 23.4 Å². The van der Waals surface area contributed by atoms with E-state index in [0.717, 1.165) is 6.20 Å². The molecule has 7 heteroatoms. The summed E-state index contributed by atoms with van der Waals surface area (Å²) in [6.07, 6.45) is -3.51. The highest BCUT2D eigenvalue weighted by Gasteiger charge is 2.35. The molecule has 0 saturated carbocycles. The van der Waals surface area contributed by atoms with Crippen LogP contribution in [0.5, 0.6) is 0 Å². The number of Topliss-reactive ketones (excluding diaryl/α,β-unsaturated/α-hetero) is 1. The van der Waals surface area contributed by atoms with Crippen molar-refractivity contribution >= 4 is 17.1 Å². The van der Waals surface area contributed by atoms with E-state index in [-0.39, 0.29) is 23.2 Å². The van der Waals surface area contributed by atoms with Crippen molar-refractivity contribution in [3.63, 3.8) is 0 Å². The molecule has 0 saturated heterocycles. The first-order valence-corrected chi connectivity index (χ1v) is 5.42. The molecular weight excluding hydrogens is 241 g/mol. The van der Waals surface area contributed by atoms with Crippen molar-refractivity contribution in [1.29, 1.82) is 0 Å². The van der Waals surface area contributed by atoms with Gasteiger partial charge in [-0.3, -0.25) is 4.79 Å². The molecule has 0 bridgehead atoms. The monoisotopic (exact) mass is 252 g/mol. The summed E-state index contributed by atoms with van der Waals surface area (Å²) >= 11 is 0.374. The van der Waals surface area contributed by atoms with Gasteiger partial charge in [0.15, 0.2) is 10.8 Å². The summed E-state index contributed by atoms with van der Waals surface area (Å²) in [6, 6.07) is 0.110. The third kappa shape index (κ3) is 3.57. The Balaban J connectivity index is 2.67. The van der Waals surface area contributed by atoms with Crippen LogP contribution in [0.15, 0.2) is 6.20 Å². The van der Waals surface area contributed by atoms with Crippen LogP contribution in [0, 0.1) is 0 Å². The van der Waals surface area contributed by atoms with E-state index in [1.807, 2.05) is 13.8 Å². The Bertz CT molecular complexity index is 373. The van der Waals surface area contributed by atoms with E-state index < -0.39 is 11.2 Å². The first kappa shape index (κ1) is 13.1. The maximum atomic E-state index is 12.2. The number of hydrogen-bond acceptors (Lipinski definition) is 4. The van der Waals surface area contributed by atoms with Crippen molar-refractivity contribution < 1.29 is 18.0 Å². The van der Waals surface area contributed by atoms with Crippen molar-refractivity contribution in [1.82, 2.24) is 10.3 Å². The smallest absolute Gasteiger partial charge is 0.307 e. The minimum Gasteiger partial charge on any atom is -0.307 e. The highest BCUT2D eigenvalue weighted by molar-refractivity contribution is 7.13. The fraction of sp³-hybridized carbons (Fsp3) is 0.556. The number of nitrogens with one attached hydrogen (secondary N) is 1. The zero-order valence-electron chi connectivity index (χ0n) is 8.76. The number of carbonyl (C=O) groups excluding carboxylic acids is 1. The third-order valence-electron chi connectivity index (χ3n) is 1.69. The zero-order valence-corrected chi connectivity index (χ0v) is 9.58. The average Bonchev–Trinajstić information content (AvgIpc) is 2.61. The zero-order chi connectivity index (χ0) is 12.3. The van der Waals surface area contributed by atoms with Crippen LogP contribution in [0.4, 0.5) is 13.2 Å². The number of aromatic nitrogens is 1. The van der Waals surface area contributed by atoms with Crippen molar-refractivity contribution in [2.45, 2.75) is 26.1 Å². The second-order valence-electron chi connectivity index (χ2n) is 3.49. The van der Waals surface area contributed by atoms with Gasteiger partial charge in [-0.2, -0.15) is 13.2 Å². The Morgan fingerprint density at radius 2 is 2.19 bits per heavy atom. The molecule has 1 rings (SSSR count). The predicted octanol–water partition coefficient (Wildman–Crippen LogP) is 2.34. The number of alkyl halides is 3. The molecule has 1 heterocycles. The number of thiazole rings is 1. The molecule has 0 unspecified atom stereocenters. The van der Waals surface area contributed by atoms with Gasteiger partial charge < -0.3 is 5.32 Å². The van der Waals surface area contributed by atoms with E-state index in [9.17, 15) is 18.0 Å². The molecule has 0 aliphatic heterocycles. The molecule has 0 atom stereocenters. The van der Waals surface area contributed by atoms with Crippen molar-refractivity contribution in [3.05, 3.63) is 16.1 Å².